The van der Waals surface area contributed by atoms with E-state index < -0.39 is 0 Å². The van der Waals surface area contributed by atoms with E-state index >= 15 is 0 Å². The number of halogens is 2. The van der Waals surface area contributed by atoms with E-state index in [0.29, 0.717) is 18.8 Å². The molecule has 4 rings (SSSR count). The second-order valence-electron chi connectivity index (χ2n) is 7.49. The van der Waals surface area contributed by atoms with E-state index in [2.05, 4.69) is 20.8 Å². The van der Waals surface area contributed by atoms with E-state index in [1.165, 1.54) is 12.5 Å². The van der Waals surface area contributed by atoms with E-state index in [-0.39, 0.29) is 29.5 Å². The van der Waals surface area contributed by atoms with Crippen molar-refractivity contribution in [3.05, 3.63) is 52.6 Å². The molecule has 5 nitrogen and oxygen atoms in total. The Balaban J connectivity index is 0.00000210. The summed E-state index contributed by atoms with van der Waals surface area (Å²) in [7, 11) is 0. The normalized spacial score (nSPS) is 18.3. The van der Waals surface area contributed by atoms with Crippen molar-refractivity contribution in [3.63, 3.8) is 0 Å². The van der Waals surface area contributed by atoms with Gasteiger partial charge in [0.1, 0.15) is 5.82 Å². The molecule has 0 atom stereocenters. The first-order valence-electron chi connectivity index (χ1n) is 9.49. The minimum absolute atomic E-state index is 0. The lowest BCUT2D eigenvalue weighted by molar-refractivity contribution is 0.0930. The fourth-order valence-corrected chi connectivity index (χ4v) is 4.36. The van der Waals surface area contributed by atoms with Crippen molar-refractivity contribution in [1.82, 2.24) is 20.8 Å². The highest BCUT2D eigenvalue weighted by Gasteiger charge is 2.35. The summed E-state index contributed by atoms with van der Waals surface area (Å²) < 4.78 is 13.8. The molecular weight excluding hydrogens is 367 g/mol. The predicted octanol–water partition coefficient (Wildman–Crippen LogP) is 3.25. The smallest absolute Gasteiger partial charge is 0.272 e. The third kappa shape index (κ3) is 4.01. The van der Waals surface area contributed by atoms with Crippen LogP contribution in [0.25, 0.3) is 0 Å². The molecule has 1 aliphatic carbocycles. The van der Waals surface area contributed by atoms with Crippen LogP contribution in [0.1, 0.15) is 59.4 Å². The van der Waals surface area contributed by atoms with Crippen LogP contribution >= 0.6 is 12.4 Å². The van der Waals surface area contributed by atoms with Crippen LogP contribution in [0.3, 0.4) is 0 Å². The molecule has 0 bridgehead atoms. The van der Waals surface area contributed by atoms with Crippen LogP contribution in [-0.2, 0) is 18.4 Å². The second-order valence-corrected chi connectivity index (χ2v) is 7.49. The number of nitrogens with one attached hydrogen (secondary N) is 3. The SMILES string of the molecule is Cl.O=C(NCC1(c2cccc(F)c2)CCCCC1)c1n[nH]c2c1CNCC2. The Labute approximate surface area is 164 Å². The Kier molecular flexibility index (Phi) is 6.17. The number of aromatic nitrogens is 2. The zero-order chi connectivity index (χ0) is 18.0. The average molecular weight is 393 g/mol. The van der Waals surface area contributed by atoms with E-state index in [9.17, 15) is 9.18 Å². The number of H-pyrrole nitrogens is 1. The van der Waals surface area contributed by atoms with E-state index in [0.717, 1.165) is 55.5 Å². The molecular formula is C20H26ClFN4O. The van der Waals surface area contributed by atoms with Gasteiger partial charge < -0.3 is 10.6 Å². The molecule has 1 aromatic carbocycles. The molecule has 7 heteroatoms. The van der Waals surface area contributed by atoms with Crippen molar-refractivity contribution in [1.29, 1.82) is 0 Å². The summed E-state index contributed by atoms with van der Waals surface area (Å²) in [5, 5.41) is 13.6. The minimum atomic E-state index is -0.216. The van der Waals surface area contributed by atoms with Crippen molar-refractivity contribution in [3.8, 4) is 0 Å². The van der Waals surface area contributed by atoms with Gasteiger partial charge in [0.2, 0.25) is 0 Å². The Morgan fingerprint density at radius 3 is 2.85 bits per heavy atom. The van der Waals surface area contributed by atoms with Gasteiger partial charge in [0.25, 0.3) is 5.91 Å². The van der Waals surface area contributed by atoms with Crippen molar-refractivity contribution >= 4 is 18.3 Å². The fraction of sp³-hybridized carbons (Fsp3) is 0.500. The number of fused-ring (bicyclic) bond motifs is 1. The van der Waals surface area contributed by atoms with Crippen LogP contribution in [0, 0.1) is 5.82 Å². The topological polar surface area (TPSA) is 69.8 Å². The lowest BCUT2D eigenvalue weighted by Gasteiger charge is -2.38. The molecule has 0 radical (unpaired) electrons. The summed E-state index contributed by atoms with van der Waals surface area (Å²) in [5.41, 5.74) is 3.30. The maximum atomic E-state index is 13.8. The highest BCUT2D eigenvalue weighted by atomic mass is 35.5. The monoisotopic (exact) mass is 392 g/mol. The maximum absolute atomic E-state index is 13.8. The minimum Gasteiger partial charge on any atom is -0.350 e. The standard InChI is InChI=1S/C20H25FN4O.ClH/c21-15-6-4-5-14(11-15)20(8-2-1-3-9-20)13-23-19(26)18-16-12-22-10-7-17(16)24-25-18;/h4-6,11,22H,1-3,7-10,12-13H2,(H,23,26)(H,24,25);1H. The van der Waals surface area contributed by atoms with Crippen LogP contribution in [0.4, 0.5) is 4.39 Å². The molecule has 27 heavy (non-hydrogen) atoms. The summed E-state index contributed by atoms with van der Waals surface area (Å²) in [4.78, 5) is 12.8. The molecule has 1 amide bonds. The van der Waals surface area contributed by atoms with E-state index in [1.807, 2.05) is 6.07 Å². The number of benzene rings is 1. The van der Waals surface area contributed by atoms with Crippen molar-refractivity contribution in [2.75, 3.05) is 13.1 Å². The molecule has 0 saturated heterocycles. The summed E-state index contributed by atoms with van der Waals surface area (Å²) in [6.45, 7) is 2.09. The van der Waals surface area contributed by atoms with E-state index in [1.54, 1.807) is 12.1 Å². The first-order chi connectivity index (χ1) is 12.7. The molecule has 146 valence electrons. The van der Waals surface area contributed by atoms with Gasteiger partial charge in [-0.15, -0.1) is 12.4 Å². The Morgan fingerprint density at radius 2 is 2.07 bits per heavy atom. The first kappa shape index (κ1) is 19.8. The number of carbonyl (C=O) groups excluding carboxylic acids is 1. The highest BCUT2D eigenvalue weighted by Crippen LogP contribution is 2.39. The fourth-order valence-electron chi connectivity index (χ4n) is 4.36. The molecule has 1 aromatic heterocycles. The number of aromatic amines is 1. The molecule has 0 unspecified atom stereocenters. The summed E-state index contributed by atoms with van der Waals surface area (Å²) >= 11 is 0. The Hall–Kier alpha value is -1.92. The van der Waals surface area contributed by atoms with Crippen molar-refractivity contribution in [2.45, 2.75) is 50.5 Å². The zero-order valence-electron chi connectivity index (χ0n) is 15.3. The quantitative estimate of drug-likeness (QED) is 0.748. The number of carbonyl (C=O) groups is 1. The lowest BCUT2D eigenvalue weighted by Crippen LogP contribution is -2.42. The number of amides is 1. The lowest BCUT2D eigenvalue weighted by atomic mass is 9.69. The van der Waals surface area contributed by atoms with Gasteiger partial charge in [-0.2, -0.15) is 5.10 Å². The van der Waals surface area contributed by atoms with Crippen molar-refractivity contribution in [2.24, 2.45) is 0 Å². The molecule has 1 aliphatic heterocycles. The number of hydrogen-bond acceptors (Lipinski definition) is 3. The summed E-state index contributed by atoms with van der Waals surface area (Å²) in [6.07, 6.45) is 6.21. The second kappa shape index (κ2) is 8.40. The van der Waals surface area contributed by atoms with Gasteiger partial charge in [0, 0.05) is 42.7 Å². The molecule has 2 aliphatic rings. The molecule has 1 saturated carbocycles. The van der Waals surface area contributed by atoms with E-state index in [4.69, 9.17) is 0 Å². The van der Waals surface area contributed by atoms with Crippen LogP contribution in [0.5, 0.6) is 0 Å². The number of rotatable bonds is 4. The van der Waals surface area contributed by atoms with Gasteiger partial charge in [-0.1, -0.05) is 31.4 Å². The third-order valence-electron chi connectivity index (χ3n) is 5.86. The molecule has 0 spiro atoms. The van der Waals surface area contributed by atoms with Gasteiger partial charge in [0.15, 0.2) is 5.69 Å². The summed E-state index contributed by atoms with van der Waals surface area (Å²) in [5.74, 6) is -0.362. The largest absolute Gasteiger partial charge is 0.350 e. The van der Waals surface area contributed by atoms with Crippen LogP contribution < -0.4 is 10.6 Å². The van der Waals surface area contributed by atoms with Gasteiger partial charge >= 0.3 is 0 Å². The van der Waals surface area contributed by atoms with Gasteiger partial charge in [-0.25, -0.2) is 4.39 Å². The molecule has 3 N–H and O–H groups in total. The molecule has 2 aromatic rings. The number of hydrogen-bond donors (Lipinski definition) is 3. The van der Waals surface area contributed by atoms with Gasteiger partial charge in [-0.3, -0.25) is 9.89 Å². The summed E-state index contributed by atoms with van der Waals surface area (Å²) in [6, 6.07) is 6.85. The maximum Gasteiger partial charge on any atom is 0.272 e. The van der Waals surface area contributed by atoms with Gasteiger partial charge in [-0.05, 0) is 30.5 Å². The molecule has 2 heterocycles. The van der Waals surface area contributed by atoms with Crippen LogP contribution in [0.15, 0.2) is 24.3 Å². The average Bonchev–Trinajstić information content (AvgIpc) is 3.11. The third-order valence-corrected chi connectivity index (χ3v) is 5.86. The number of nitrogens with zero attached hydrogens (tertiary/aromatic N) is 1. The molecule has 1 fully saturated rings. The van der Waals surface area contributed by atoms with Gasteiger partial charge in [0.05, 0.1) is 0 Å². The Morgan fingerprint density at radius 1 is 1.26 bits per heavy atom. The van der Waals surface area contributed by atoms with Crippen molar-refractivity contribution < 1.29 is 9.18 Å². The first-order valence-corrected chi connectivity index (χ1v) is 9.49. The highest BCUT2D eigenvalue weighted by molar-refractivity contribution is 5.94. The van der Waals surface area contributed by atoms with Crippen LogP contribution in [0.2, 0.25) is 0 Å². The Bertz CT molecular complexity index is 801. The predicted molar refractivity (Wildman–Crippen MR) is 105 cm³/mol. The van der Waals surface area contributed by atoms with Crippen LogP contribution in [-0.4, -0.2) is 29.2 Å². The zero-order valence-corrected chi connectivity index (χ0v) is 16.1.